The first kappa shape index (κ1) is 22.3. The molecule has 2 saturated heterocycles. The van der Waals surface area contributed by atoms with Crippen LogP contribution in [-0.4, -0.2) is 30.2 Å². The van der Waals surface area contributed by atoms with Gasteiger partial charge in [0.05, 0.1) is 23.4 Å². The van der Waals surface area contributed by atoms with Gasteiger partial charge in [0.1, 0.15) is 5.75 Å². The molecule has 3 aliphatic rings. The van der Waals surface area contributed by atoms with Gasteiger partial charge in [-0.05, 0) is 49.1 Å². The van der Waals surface area contributed by atoms with E-state index >= 15 is 0 Å². The Morgan fingerprint density at radius 1 is 0.941 bits per heavy atom. The molecule has 0 bridgehead atoms. The van der Waals surface area contributed by atoms with E-state index in [1.54, 1.807) is 29.2 Å². The van der Waals surface area contributed by atoms with Crippen molar-refractivity contribution in [3.05, 3.63) is 54.1 Å². The summed E-state index contributed by atoms with van der Waals surface area (Å²) in [7, 11) is 0. The maximum Gasteiger partial charge on any atom is 0.316 e. The van der Waals surface area contributed by atoms with Crippen LogP contribution >= 0.6 is 0 Å². The summed E-state index contributed by atoms with van der Waals surface area (Å²) < 4.78 is 5.59. The minimum Gasteiger partial charge on any atom is -0.426 e. The van der Waals surface area contributed by atoms with Crippen LogP contribution in [0.15, 0.2) is 48.5 Å². The Hall–Kier alpha value is -3.48. The van der Waals surface area contributed by atoms with E-state index in [9.17, 15) is 19.2 Å². The smallest absolute Gasteiger partial charge is 0.316 e. The minimum absolute atomic E-state index is 0.0838. The van der Waals surface area contributed by atoms with E-state index in [-0.39, 0.29) is 48.3 Å². The zero-order valence-electron chi connectivity index (χ0n) is 19.2. The van der Waals surface area contributed by atoms with Crippen molar-refractivity contribution in [1.82, 2.24) is 0 Å². The Balaban J connectivity index is 1.27. The molecule has 34 heavy (non-hydrogen) atoms. The summed E-state index contributed by atoms with van der Waals surface area (Å²) in [5.74, 6) is -1.74. The Morgan fingerprint density at radius 2 is 1.62 bits per heavy atom. The van der Waals surface area contributed by atoms with Crippen LogP contribution in [0.2, 0.25) is 0 Å². The molecular formula is C27H28N2O5. The normalized spacial score (nSPS) is 24.5. The third-order valence-electron chi connectivity index (χ3n) is 7.25. The quantitative estimate of drug-likeness (QED) is 0.384. The average molecular weight is 461 g/mol. The van der Waals surface area contributed by atoms with Crippen molar-refractivity contribution in [1.29, 1.82) is 0 Å². The fourth-order valence-electron chi connectivity index (χ4n) is 5.33. The molecule has 1 saturated carbocycles. The zero-order valence-corrected chi connectivity index (χ0v) is 19.2. The lowest BCUT2D eigenvalue weighted by atomic mass is 9.81. The molecule has 5 rings (SSSR count). The van der Waals surface area contributed by atoms with Gasteiger partial charge in [-0.25, -0.2) is 4.90 Å². The maximum atomic E-state index is 12.9. The van der Waals surface area contributed by atoms with Gasteiger partial charge in [-0.15, -0.1) is 0 Å². The molecule has 1 aliphatic carbocycles. The maximum absolute atomic E-state index is 12.9. The van der Waals surface area contributed by atoms with Crippen LogP contribution in [0.5, 0.6) is 5.75 Å². The first-order valence-corrected chi connectivity index (χ1v) is 12.0. The number of ether oxygens (including phenoxy) is 1. The number of carbonyl (C=O) groups is 4. The van der Waals surface area contributed by atoms with Crippen LogP contribution < -0.4 is 14.5 Å². The molecule has 2 aromatic carbocycles. The molecule has 3 fully saturated rings. The second-order valence-corrected chi connectivity index (χ2v) is 9.35. The summed E-state index contributed by atoms with van der Waals surface area (Å²) in [6, 6.07) is 14.3. The Labute approximate surface area is 198 Å². The lowest BCUT2D eigenvalue weighted by Gasteiger charge is -2.19. The van der Waals surface area contributed by atoms with E-state index in [0.29, 0.717) is 5.69 Å². The highest BCUT2D eigenvalue weighted by Gasteiger charge is 2.48. The first-order chi connectivity index (χ1) is 16.5. The molecule has 3 atom stereocenters. The third kappa shape index (κ3) is 4.00. The van der Waals surface area contributed by atoms with Crippen LogP contribution in [0, 0.1) is 17.8 Å². The summed E-state index contributed by atoms with van der Waals surface area (Å²) >= 11 is 0. The van der Waals surface area contributed by atoms with Gasteiger partial charge in [0.15, 0.2) is 0 Å². The summed E-state index contributed by atoms with van der Waals surface area (Å²) in [6.45, 7) is 2.33. The van der Waals surface area contributed by atoms with Crippen molar-refractivity contribution in [2.24, 2.45) is 17.8 Å². The molecule has 2 aliphatic heterocycles. The summed E-state index contributed by atoms with van der Waals surface area (Å²) in [5, 5.41) is 0. The Bertz CT molecular complexity index is 1120. The van der Waals surface area contributed by atoms with E-state index in [2.05, 4.69) is 6.92 Å². The van der Waals surface area contributed by atoms with Gasteiger partial charge >= 0.3 is 5.97 Å². The standard InChI is InChI=1S/C27H28N2O5/c1-2-17-10-12-19(13-11-17)28-16-18(14-24(28)30)27(33)34-21-7-5-6-20(15-21)29-25(31)22-8-3-4-9-23(22)26(29)32/h5-7,10-13,15,18,22-23H,2-4,8-9,14,16H2,1H3/t18-,22+,23+/m1/s1. The number of hydrogen-bond donors (Lipinski definition) is 0. The molecule has 7 heteroatoms. The van der Waals surface area contributed by atoms with E-state index in [1.165, 1.54) is 10.5 Å². The highest BCUT2D eigenvalue weighted by atomic mass is 16.5. The van der Waals surface area contributed by atoms with Crippen molar-refractivity contribution in [3.8, 4) is 5.75 Å². The SMILES string of the molecule is CCc1ccc(N2C[C@H](C(=O)Oc3cccc(N4C(=O)[C@H]5CCCC[C@@H]5C4=O)c3)CC2=O)cc1. The lowest BCUT2D eigenvalue weighted by molar-refractivity contribution is -0.139. The van der Waals surface area contributed by atoms with Gasteiger partial charge in [-0.1, -0.05) is 38.0 Å². The van der Waals surface area contributed by atoms with Gasteiger partial charge in [0, 0.05) is 24.7 Å². The molecule has 0 radical (unpaired) electrons. The molecule has 0 spiro atoms. The molecule has 2 heterocycles. The van der Waals surface area contributed by atoms with E-state index in [4.69, 9.17) is 4.74 Å². The number of nitrogens with zero attached hydrogens (tertiary/aromatic N) is 2. The van der Waals surface area contributed by atoms with Crippen LogP contribution in [-0.2, 0) is 25.6 Å². The molecule has 3 amide bonds. The number of rotatable bonds is 5. The fraction of sp³-hybridized carbons (Fsp3) is 0.407. The Morgan fingerprint density at radius 3 is 2.26 bits per heavy atom. The average Bonchev–Trinajstić information content (AvgIpc) is 3.37. The largest absolute Gasteiger partial charge is 0.426 e. The molecule has 0 N–H and O–H groups in total. The number of aryl methyl sites for hydroxylation is 1. The first-order valence-electron chi connectivity index (χ1n) is 12.0. The monoisotopic (exact) mass is 460 g/mol. The van der Waals surface area contributed by atoms with Crippen molar-refractivity contribution < 1.29 is 23.9 Å². The predicted octanol–water partition coefficient (Wildman–Crippen LogP) is 3.89. The van der Waals surface area contributed by atoms with Crippen molar-refractivity contribution in [3.63, 3.8) is 0 Å². The summed E-state index contributed by atoms with van der Waals surface area (Å²) in [6.07, 6.45) is 4.41. The highest BCUT2D eigenvalue weighted by molar-refractivity contribution is 6.22. The van der Waals surface area contributed by atoms with Crippen LogP contribution in [0.25, 0.3) is 0 Å². The highest BCUT2D eigenvalue weighted by Crippen LogP contribution is 2.40. The fourth-order valence-corrected chi connectivity index (χ4v) is 5.33. The molecule has 7 nitrogen and oxygen atoms in total. The number of esters is 1. The Kier molecular flexibility index (Phi) is 5.94. The zero-order chi connectivity index (χ0) is 23.8. The number of hydrogen-bond acceptors (Lipinski definition) is 5. The predicted molar refractivity (Wildman–Crippen MR) is 126 cm³/mol. The van der Waals surface area contributed by atoms with Gasteiger partial charge in [-0.2, -0.15) is 0 Å². The van der Waals surface area contributed by atoms with Gasteiger partial charge in [0.25, 0.3) is 0 Å². The van der Waals surface area contributed by atoms with Crippen LogP contribution in [0.1, 0.15) is 44.6 Å². The number of amides is 3. The summed E-state index contributed by atoms with van der Waals surface area (Å²) in [4.78, 5) is 54.1. The van der Waals surface area contributed by atoms with Crippen LogP contribution in [0.4, 0.5) is 11.4 Å². The number of fused-ring (bicyclic) bond motifs is 1. The number of imide groups is 1. The van der Waals surface area contributed by atoms with Gasteiger partial charge < -0.3 is 9.64 Å². The van der Waals surface area contributed by atoms with Gasteiger partial charge in [0.2, 0.25) is 17.7 Å². The second kappa shape index (κ2) is 9.05. The number of anilines is 2. The van der Waals surface area contributed by atoms with E-state index in [0.717, 1.165) is 37.8 Å². The second-order valence-electron chi connectivity index (χ2n) is 9.35. The molecule has 0 aromatic heterocycles. The molecular weight excluding hydrogens is 432 g/mol. The van der Waals surface area contributed by atoms with E-state index in [1.807, 2.05) is 24.3 Å². The van der Waals surface area contributed by atoms with Gasteiger partial charge in [-0.3, -0.25) is 19.2 Å². The topological polar surface area (TPSA) is 84.0 Å². The molecule has 176 valence electrons. The van der Waals surface area contributed by atoms with Crippen molar-refractivity contribution in [2.75, 3.05) is 16.3 Å². The van der Waals surface area contributed by atoms with Crippen molar-refractivity contribution >= 4 is 35.1 Å². The molecule has 0 unspecified atom stereocenters. The third-order valence-corrected chi connectivity index (χ3v) is 7.25. The van der Waals surface area contributed by atoms with Crippen LogP contribution in [0.3, 0.4) is 0 Å². The van der Waals surface area contributed by atoms with E-state index < -0.39 is 11.9 Å². The lowest BCUT2D eigenvalue weighted by Crippen LogP contribution is -2.31. The molecule has 2 aromatic rings. The number of benzene rings is 2. The van der Waals surface area contributed by atoms with Crippen molar-refractivity contribution in [2.45, 2.75) is 45.4 Å². The summed E-state index contributed by atoms with van der Waals surface area (Å²) in [5.41, 5.74) is 2.38. The number of carbonyl (C=O) groups excluding carboxylic acids is 4. The minimum atomic E-state index is -0.583.